The van der Waals surface area contributed by atoms with Gasteiger partial charge in [-0.1, -0.05) is 6.08 Å². The van der Waals surface area contributed by atoms with Crippen molar-refractivity contribution in [2.45, 2.75) is 34.1 Å². The van der Waals surface area contributed by atoms with Crippen LogP contribution in [-0.4, -0.2) is 21.6 Å². The molecule has 0 unspecified atom stereocenters. The van der Waals surface area contributed by atoms with Gasteiger partial charge in [0.15, 0.2) is 0 Å². The van der Waals surface area contributed by atoms with Crippen molar-refractivity contribution in [1.82, 2.24) is 15.0 Å². The highest BCUT2D eigenvalue weighted by Gasteiger charge is 2.08. The van der Waals surface area contributed by atoms with Gasteiger partial charge < -0.3 is 4.74 Å². The molecule has 2 aromatic rings. The van der Waals surface area contributed by atoms with Gasteiger partial charge in [0.25, 0.3) is 6.43 Å². The predicted molar refractivity (Wildman–Crippen MR) is 103 cm³/mol. The molecule has 0 spiro atoms. The summed E-state index contributed by atoms with van der Waals surface area (Å²) < 4.78 is 31.0. The second kappa shape index (κ2) is 9.71. The topological polar surface area (TPSA) is 47.9 Å². The van der Waals surface area contributed by atoms with Crippen molar-refractivity contribution in [3.63, 3.8) is 0 Å². The first-order valence-electron chi connectivity index (χ1n) is 8.53. The maximum absolute atomic E-state index is 12.6. The maximum Gasteiger partial charge on any atom is 0.265 e. The van der Waals surface area contributed by atoms with Crippen LogP contribution < -0.4 is 0 Å². The Bertz CT molecular complexity index is 841. The molecule has 0 atom stereocenters. The number of ether oxygens (including phenoxy) is 1. The van der Waals surface area contributed by atoms with Gasteiger partial charge in [0, 0.05) is 24.2 Å². The summed E-state index contributed by atoms with van der Waals surface area (Å²) >= 11 is 0. The molecule has 0 N–H and O–H groups in total. The molecule has 0 aliphatic heterocycles. The molecular weight excluding hydrogens is 348 g/mol. The largest absolute Gasteiger partial charge is 0.494 e. The summed E-state index contributed by atoms with van der Waals surface area (Å²) in [6, 6.07) is 3.01. The summed E-state index contributed by atoms with van der Waals surface area (Å²) in [6.07, 6.45) is 7.50. The zero-order valence-electron chi connectivity index (χ0n) is 15.9. The molecule has 0 amide bonds. The fourth-order valence-electron chi connectivity index (χ4n) is 2.18. The first-order valence-corrected chi connectivity index (χ1v) is 8.53. The number of nitrogens with zero attached hydrogens (tertiary/aromatic N) is 3. The van der Waals surface area contributed by atoms with Crippen LogP contribution in [0.4, 0.5) is 8.78 Å². The van der Waals surface area contributed by atoms with Gasteiger partial charge in [-0.05, 0) is 62.6 Å². The number of pyridine rings is 1. The van der Waals surface area contributed by atoms with Gasteiger partial charge in [0.2, 0.25) is 0 Å². The molecule has 0 aliphatic rings. The highest BCUT2D eigenvalue weighted by atomic mass is 19.3. The molecule has 0 fully saturated rings. The van der Waals surface area contributed by atoms with E-state index in [1.807, 2.05) is 39.8 Å². The van der Waals surface area contributed by atoms with Gasteiger partial charge in [-0.3, -0.25) is 15.0 Å². The fourth-order valence-corrected chi connectivity index (χ4v) is 2.18. The SMILES string of the molecule is C/C(CO/C(C)=C/C=C(\C)c1cnccn1)=C(\C)c1ccc(C(F)F)cn1. The monoisotopic (exact) mass is 371 g/mol. The van der Waals surface area contributed by atoms with E-state index in [1.165, 1.54) is 12.3 Å². The zero-order valence-corrected chi connectivity index (χ0v) is 15.9. The molecular formula is C21H23F2N3O. The van der Waals surface area contributed by atoms with Gasteiger partial charge in [-0.25, -0.2) is 8.78 Å². The Morgan fingerprint density at radius 1 is 1.00 bits per heavy atom. The van der Waals surface area contributed by atoms with Crippen LogP contribution >= 0.6 is 0 Å². The Morgan fingerprint density at radius 2 is 1.78 bits per heavy atom. The van der Waals surface area contributed by atoms with Crippen molar-refractivity contribution >= 4 is 11.1 Å². The molecule has 27 heavy (non-hydrogen) atoms. The van der Waals surface area contributed by atoms with Crippen molar-refractivity contribution in [3.8, 4) is 0 Å². The Kier molecular flexibility index (Phi) is 7.34. The van der Waals surface area contributed by atoms with Crippen LogP contribution in [-0.2, 0) is 4.74 Å². The minimum Gasteiger partial charge on any atom is -0.494 e. The van der Waals surface area contributed by atoms with E-state index < -0.39 is 6.43 Å². The summed E-state index contributed by atoms with van der Waals surface area (Å²) in [5.74, 6) is 0.756. The molecule has 0 aliphatic carbocycles. The second-order valence-electron chi connectivity index (χ2n) is 6.19. The van der Waals surface area contributed by atoms with E-state index in [4.69, 9.17) is 4.74 Å². The Balaban J connectivity index is 2.00. The third kappa shape index (κ3) is 6.09. The molecule has 0 aromatic carbocycles. The number of halogens is 2. The third-order valence-corrected chi connectivity index (χ3v) is 4.11. The summed E-state index contributed by atoms with van der Waals surface area (Å²) in [4.78, 5) is 12.4. The third-order valence-electron chi connectivity index (χ3n) is 4.11. The minimum atomic E-state index is -2.51. The van der Waals surface area contributed by atoms with E-state index in [0.717, 1.165) is 28.2 Å². The number of alkyl halides is 2. The lowest BCUT2D eigenvalue weighted by Gasteiger charge is -2.10. The molecule has 142 valence electrons. The van der Waals surface area contributed by atoms with E-state index in [9.17, 15) is 8.78 Å². The standard InChI is InChI=1S/C21H23F2N3O/c1-14(20-12-24-9-10-25-20)5-6-16(3)27-13-15(2)17(4)19-8-7-18(11-26-19)21(22)23/h5-12,21H,13H2,1-4H3/b14-5+,16-6+,17-15-. The zero-order chi connectivity index (χ0) is 19.8. The second-order valence-corrected chi connectivity index (χ2v) is 6.19. The van der Waals surface area contributed by atoms with Crippen LogP contribution in [0.15, 0.2) is 60.4 Å². The van der Waals surface area contributed by atoms with Crippen LogP contribution in [0.5, 0.6) is 0 Å². The van der Waals surface area contributed by atoms with Crippen LogP contribution in [0.2, 0.25) is 0 Å². The van der Waals surface area contributed by atoms with E-state index in [2.05, 4.69) is 15.0 Å². The molecule has 0 bridgehead atoms. The van der Waals surface area contributed by atoms with Gasteiger partial charge >= 0.3 is 0 Å². The van der Waals surface area contributed by atoms with Gasteiger partial charge in [-0.15, -0.1) is 0 Å². The van der Waals surface area contributed by atoms with E-state index in [-0.39, 0.29) is 5.56 Å². The Morgan fingerprint density at radius 3 is 2.37 bits per heavy atom. The fraction of sp³-hybridized carbons (Fsp3) is 0.286. The number of hydrogen-bond donors (Lipinski definition) is 0. The molecule has 0 radical (unpaired) electrons. The van der Waals surface area contributed by atoms with Crippen molar-refractivity contribution in [2.24, 2.45) is 0 Å². The van der Waals surface area contributed by atoms with Gasteiger partial charge in [-0.2, -0.15) is 0 Å². The molecule has 2 heterocycles. The van der Waals surface area contributed by atoms with E-state index in [0.29, 0.717) is 12.3 Å². The van der Waals surface area contributed by atoms with Crippen molar-refractivity contribution in [3.05, 3.63) is 77.4 Å². The predicted octanol–water partition coefficient (Wildman–Crippen LogP) is 5.63. The molecule has 4 nitrogen and oxygen atoms in total. The number of rotatable bonds is 7. The van der Waals surface area contributed by atoms with Gasteiger partial charge in [0.1, 0.15) is 6.61 Å². The maximum atomic E-state index is 12.6. The number of aromatic nitrogens is 3. The minimum absolute atomic E-state index is 0.0792. The lowest BCUT2D eigenvalue weighted by Crippen LogP contribution is -1.98. The first-order chi connectivity index (χ1) is 12.9. The summed E-state index contributed by atoms with van der Waals surface area (Å²) in [6.45, 7) is 8.06. The Labute approximate surface area is 158 Å². The van der Waals surface area contributed by atoms with Gasteiger partial charge in [0.05, 0.1) is 23.3 Å². The van der Waals surface area contributed by atoms with Crippen LogP contribution in [0.25, 0.3) is 11.1 Å². The summed E-state index contributed by atoms with van der Waals surface area (Å²) in [7, 11) is 0. The van der Waals surface area contributed by atoms with Crippen LogP contribution in [0, 0.1) is 0 Å². The van der Waals surface area contributed by atoms with Crippen molar-refractivity contribution < 1.29 is 13.5 Å². The molecule has 2 aromatic heterocycles. The molecule has 6 heteroatoms. The highest BCUT2D eigenvalue weighted by Crippen LogP contribution is 2.21. The average Bonchev–Trinajstić information content (AvgIpc) is 2.70. The lowest BCUT2D eigenvalue weighted by atomic mass is 10.1. The molecule has 2 rings (SSSR count). The summed E-state index contributed by atoms with van der Waals surface area (Å²) in [5.41, 5.74) is 4.28. The highest BCUT2D eigenvalue weighted by molar-refractivity contribution is 5.64. The number of allylic oxidation sites excluding steroid dienone is 5. The Hall–Kier alpha value is -2.89. The summed E-state index contributed by atoms with van der Waals surface area (Å²) in [5, 5.41) is 0. The molecule has 0 saturated carbocycles. The first kappa shape index (κ1) is 20.4. The van der Waals surface area contributed by atoms with Crippen LogP contribution in [0.3, 0.4) is 0 Å². The molecule has 0 saturated heterocycles. The number of hydrogen-bond acceptors (Lipinski definition) is 4. The van der Waals surface area contributed by atoms with Crippen molar-refractivity contribution in [1.29, 1.82) is 0 Å². The normalized spacial score (nSPS) is 13.6. The smallest absolute Gasteiger partial charge is 0.265 e. The van der Waals surface area contributed by atoms with Crippen LogP contribution in [0.1, 0.15) is 51.1 Å². The van der Waals surface area contributed by atoms with E-state index in [1.54, 1.807) is 24.7 Å². The lowest BCUT2D eigenvalue weighted by molar-refractivity contribution is 0.151. The van der Waals surface area contributed by atoms with Crippen molar-refractivity contribution in [2.75, 3.05) is 6.61 Å². The van der Waals surface area contributed by atoms with E-state index >= 15 is 0 Å². The average molecular weight is 371 g/mol. The quantitative estimate of drug-likeness (QED) is 0.468.